The highest BCUT2D eigenvalue weighted by atomic mass is 16.6. The molecule has 0 bridgehead atoms. The average Bonchev–Trinajstić information content (AvgIpc) is 2.10. The zero-order valence-electron chi connectivity index (χ0n) is 10.4. The van der Waals surface area contributed by atoms with Gasteiger partial charge in [0.2, 0.25) is 0 Å². The van der Waals surface area contributed by atoms with Gasteiger partial charge in [-0.15, -0.1) is 0 Å². The van der Waals surface area contributed by atoms with Crippen molar-refractivity contribution >= 4 is 12.1 Å². The van der Waals surface area contributed by atoms with Gasteiger partial charge in [0.1, 0.15) is 5.60 Å². The Morgan fingerprint density at radius 1 is 1.38 bits per heavy atom. The lowest BCUT2D eigenvalue weighted by molar-refractivity contribution is -0.131. The number of hydrogen-bond acceptors (Lipinski definition) is 3. The van der Waals surface area contributed by atoms with Crippen molar-refractivity contribution < 1.29 is 19.4 Å². The summed E-state index contributed by atoms with van der Waals surface area (Å²) in [5.74, 6) is -1.04. The van der Waals surface area contributed by atoms with Crippen molar-refractivity contribution in [2.45, 2.75) is 39.3 Å². The van der Waals surface area contributed by atoms with E-state index in [1.54, 1.807) is 34.7 Å². The lowest BCUT2D eigenvalue weighted by atomic mass is 10.2. The van der Waals surface area contributed by atoms with Crippen LogP contribution in [0.25, 0.3) is 0 Å². The normalized spacial score (nSPS) is 13.6. The van der Waals surface area contributed by atoms with Crippen LogP contribution in [0.3, 0.4) is 0 Å². The van der Waals surface area contributed by atoms with Crippen molar-refractivity contribution in [2.24, 2.45) is 0 Å². The first kappa shape index (κ1) is 14.5. The van der Waals surface area contributed by atoms with E-state index in [4.69, 9.17) is 9.84 Å². The fourth-order valence-electron chi connectivity index (χ4n) is 0.851. The maximum Gasteiger partial charge on any atom is 0.410 e. The van der Waals surface area contributed by atoms with Gasteiger partial charge in [0, 0.05) is 13.1 Å². The average molecular weight is 229 g/mol. The first-order valence-corrected chi connectivity index (χ1v) is 5.00. The molecule has 0 aliphatic rings. The summed E-state index contributed by atoms with van der Waals surface area (Å²) in [7, 11) is 1.56. The molecule has 0 aromatic carbocycles. The summed E-state index contributed by atoms with van der Waals surface area (Å²) >= 11 is 0. The Morgan fingerprint density at radius 2 is 1.88 bits per heavy atom. The summed E-state index contributed by atoms with van der Waals surface area (Å²) in [6, 6.07) is -0.328. The van der Waals surface area contributed by atoms with Crippen LogP contribution in [0.15, 0.2) is 12.2 Å². The molecule has 0 spiro atoms. The van der Waals surface area contributed by atoms with Gasteiger partial charge in [-0.05, 0) is 27.7 Å². The Bertz CT molecular complexity index is 291. The molecule has 0 aromatic rings. The molecule has 92 valence electrons. The predicted molar refractivity (Wildman–Crippen MR) is 60.2 cm³/mol. The van der Waals surface area contributed by atoms with E-state index in [0.717, 1.165) is 6.08 Å². The molecule has 1 amide bonds. The second-order valence-electron chi connectivity index (χ2n) is 4.53. The summed E-state index contributed by atoms with van der Waals surface area (Å²) < 4.78 is 5.13. The topological polar surface area (TPSA) is 66.8 Å². The van der Waals surface area contributed by atoms with Crippen LogP contribution in [0.5, 0.6) is 0 Å². The molecule has 0 unspecified atom stereocenters. The van der Waals surface area contributed by atoms with E-state index >= 15 is 0 Å². The first-order chi connectivity index (χ1) is 7.13. The maximum atomic E-state index is 11.6. The minimum absolute atomic E-state index is 0.328. The number of ether oxygens (including phenoxy) is 1. The van der Waals surface area contributed by atoms with E-state index in [2.05, 4.69) is 0 Å². The van der Waals surface area contributed by atoms with Gasteiger partial charge in [-0.2, -0.15) is 0 Å². The molecule has 0 radical (unpaired) electrons. The molecular formula is C11H19NO4. The van der Waals surface area contributed by atoms with Gasteiger partial charge in [0.25, 0.3) is 0 Å². The molecule has 0 rings (SSSR count). The summed E-state index contributed by atoms with van der Waals surface area (Å²) in [5, 5.41) is 8.45. The van der Waals surface area contributed by atoms with Gasteiger partial charge in [0.15, 0.2) is 0 Å². The van der Waals surface area contributed by atoms with E-state index < -0.39 is 17.7 Å². The largest absolute Gasteiger partial charge is 0.478 e. The van der Waals surface area contributed by atoms with E-state index in [1.807, 2.05) is 0 Å². The Hall–Kier alpha value is -1.52. The molecule has 0 aliphatic carbocycles. The molecule has 16 heavy (non-hydrogen) atoms. The molecule has 1 atom stereocenters. The minimum Gasteiger partial charge on any atom is -0.478 e. The van der Waals surface area contributed by atoms with Crippen molar-refractivity contribution in [2.75, 3.05) is 7.05 Å². The first-order valence-electron chi connectivity index (χ1n) is 5.00. The molecule has 5 heteroatoms. The summed E-state index contributed by atoms with van der Waals surface area (Å²) in [4.78, 5) is 23.2. The van der Waals surface area contributed by atoms with Gasteiger partial charge >= 0.3 is 12.1 Å². The molecule has 0 saturated heterocycles. The number of nitrogens with zero attached hydrogens (tertiary/aromatic N) is 1. The van der Waals surface area contributed by atoms with Crippen LogP contribution in [-0.4, -0.2) is 40.8 Å². The van der Waals surface area contributed by atoms with Gasteiger partial charge in [-0.25, -0.2) is 9.59 Å². The zero-order chi connectivity index (χ0) is 12.9. The molecule has 1 N–H and O–H groups in total. The second-order valence-corrected chi connectivity index (χ2v) is 4.53. The third-order valence-electron chi connectivity index (χ3n) is 1.81. The van der Waals surface area contributed by atoms with E-state index in [-0.39, 0.29) is 6.04 Å². The number of aliphatic carboxylic acids is 1. The Morgan fingerprint density at radius 3 is 2.25 bits per heavy atom. The van der Waals surface area contributed by atoms with E-state index in [0.29, 0.717) is 0 Å². The van der Waals surface area contributed by atoms with Crippen molar-refractivity contribution in [3.63, 3.8) is 0 Å². The lowest BCUT2D eigenvalue weighted by Gasteiger charge is -2.27. The van der Waals surface area contributed by atoms with Crippen molar-refractivity contribution in [3.8, 4) is 0 Å². The quantitative estimate of drug-likeness (QED) is 0.750. The number of hydrogen-bond donors (Lipinski definition) is 1. The fraction of sp³-hybridized carbons (Fsp3) is 0.636. The van der Waals surface area contributed by atoms with Crippen molar-refractivity contribution in [1.82, 2.24) is 4.90 Å². The van der Waals surface area contributed by atoms with Crippen LogP contribution in [0.1, 0.15) is 27.7 Å². The number of carboxylic acids is 1. The Kier molecular flexibility index (Phi) is 5.01. The van der Waals surface area contributed by atoms with Gasteiger partial charge < -0.3 is 14.7 Å². The van der Waals surface area contributed by atoms with Crippen LogP contribution < -0.4 is 0 Å². The van der Waals surface area contributed by atoms with Crippen LogP contribution in [0.4, 0.5) is 4.79 Å². The molecule has 0 saturated carbocycles. The molecule has 0 heterocycles. The molecule has 0 aliphatic heterocycles. The van der Waals surface area contributed by atoms with Crippen LogP contribution in [0.2, 0.25) is 0 Å². The highest BCUT2D eigenvalue weighted by Gasteiger charge is 2.21. The summed E-state index contributed by atoms with van der Waals surface area (Å²) in [5.41, 5.74) is -0.554. The van der Waals surface area contributed by atoms with Gasteiger partial charge in [-0.1, -0.05) is 6.08 Å². The number of amides is 1. The Labute approximate surface area is 95.7 Å². The smallest absolute Gasteiger partial charge is 0.410 e. The highest BCUT2D eigenvalue weighted by Crippen LogP contribution is 2.10. The standard InChI is InChI=1S/C11H19NO4/c1-8(6-7-9(13)14)12(5)10(15)16-11(2,3)4/h6-8H,1-5H3,(H,13,14)/b7-6+/t8-/m1/s1. The van der Waals surface area contributed by atoms with E-state index in [9.17, 15) is 9.59 Å². The van der Waals surface area contributed by atoms with Gasteiger partial charge in [-0.3, -0.25) is 0 Å². The number of carboxylic acid groups (broad SMARTS) is 1. The maximum absolute atomic E-state index is 11.6. The lowest BCUT2D eigenvalue weighted by Crippen LogP contribution is -2.38. The van der Waals surface area contributed by atoms with Crippen molar-refractivity contribution in [3.05, 3.63) is 12.2 Å². The summed E-state index contributed by atoms with van der Waals surface area (Å²) in [6.07, 6.45) is 1.95. The minimum atomic E-state index is -1.04. The number of carbonyl (C=O) groups is 2. The predicted octanol–water partition coefficient (Wildman–Crippen LogP) is 1.88. The molecule has 0 aromatic heterocycles. The molecule has 5 nitrogen and oxygen atoms in total. The van der Waals surface area contributed by atoms with Crippen molar-refractivity contribution in [1.29, 1.82) is 0 Å². The van der Waals surface area contributed by atoms with Crippen LogP contribution in [0, 0.1) is 0 Å². The zero-order valence-corrected chi connectivity index (χ0v) is 10.4. The van der Waals surface area contributed by atoms with Crippen LogP contribution >= 0.6 is 0 Å². The van der Waals surface area contributed by atoms with Crippen LogP contribution in [-0.2, 0) is 9.53 Å². The third kappa shape index (κ3) is 6.06. The summed E-state index contributed by atoms with van der Waals surface area (Å²) in [6.45, 7) is 7.03. The highest BCUT2D eigenvalue weighted by molar-refractivity contribution is 5.80. The molecule has 0 fully saturated rings. The monoisotopic (exact) mass is 229 g/mol. The number of carbonyl (C=O) groups excluding carboxylic acids is 1. The second kappa shape index (κ2) is 5.53. The van der Waals surface area contributed by atoms with Gasteiger partial charge in [0.05, 0.1) is 6.04 Å². The molecular weight excluding hydrogens is 210 g/mol. The SMILES string of the molecule is C[C@H](/C=C/C(=O)O)N(C)C(=O)OC(C)(C)C. The van der Waals surface area contributed by atoms with E-state index in [1.165, 1.54) is 11.0 Å². The number of likely N-dealkylation sites (N-methyl/N-ethyl adjacent to an activating group) is 1. The number of rotatable bonds is 3. The third-order valence-corrected chi connectivity index (χ3v) is 1.81. The Balaban J connectivity index is 4.38. The fourth-order valence-corrected chi connectivity index (χ4v) is 0.851.